The minimum absolute atomic E-state index is 0.0183. The molecule has 2 aromatic rings. The highest BCUT2D eigenvalue weighted by molar-refractivity contribution is 5.95. The number of hydrogen-bond acceptors (Lipinski definition) is 7. The van der Waals surface area contributed by atoms with Crippen molar-refractivity contribution in [1.82, 2.24) is 35.1 Å². The minimum atomic E-state index is -0.955. The Morgan fingerprint density at radius 3 is 2.26 bits per heavy atom. The van der Waals surface area contributed by atoms with Crippen LogP contribution >= 0.6 is 0 Å². The van der Waals surface area contributed by atoms with Crippen molar-refractivity contribution in [2.75, 3.05) is 46.3 Å². The molecule has 2 N–H and O–H groups in total. The predicted molar refractivity (Wildman–Crippen MR) is 184 cm³/mol. The number of hydrogen-bond donors (Lipinski definition) is 2. The largest absolute Gasteiger partial charge is 0.371 e. The standard InChI is InChI=1S/C37H51N7O6/c1-24(50-20-27-9-7-6-8-10-27)31(33(47)38-5)40-32(46)30-19-42(21-37(30)22-43(23-37)35(49)29-15-36(29,3)4)34(48)28-16-39-44(18-28)17-26-11-13-41(14-12-26)25(2)45/h6-10,16,18,24,26,29-31H,11-15,17,19-23H2,1-5H3,(H,38,47)(H,40,46)/t24-,29-,30-,31+/m1/s1. The SMILES string of the molecule is CNC(=O)[C@@H](NC(=O)[C@H]1CN(C(=O)c2cnn(CC3CCN(C(C)=O)CC3)c2)CC12CN(C(=O)[C@H]1CC1(C)C)C2)[C@@H](C)OCc1ccccc1. The van der Waals surface area contributed by atoms with E-state index in [1.165, 1.54) is 7.05 Å². The topological polar surface area (TPSA) is 146 Å². The summed E-state index contributed by atoms with van der Waals surface area (Å²) >= 11 is 0. The molecule has 13 heteroatoms. The molecule has 270 valence electrons. The van der Waals surface area contributed by atoms with Crippen LogP contribution in [-0.4, -0.2) is 112 Å². The third-order valence-electron chi connectivity index (χ3n) is 11.4. The maximum atomic E-state index is 14.2. The van der Waals surface area contributed by atoms with Crippen molar-refractivity contribution in [1.29, 1.82) is 0 Å². The van der Waals surface area contributed by atoms with Gasteiger partial charge in [0.2, 0.25) is 23.6 Å². The van der Waals surface area contributed by atoms with Crippen molar-refractivity contribution in [3.8, 4) is 0 Å². The maximum absolute atomic E-state index is 14.2. The summed E-state index contributed by atoms with van der Waals surface area (Å²) < 4.78 is 7.84. The zero-order valence-electron chi connectivity index (χ0n) is 29.9. The van der Waals surface area contributed by atoms with Gasteiger partial charge in [-0.05, 0) is 43.1 Å². The fraction of sp³-hybridized carbons (Fsp3) is 0.622. The second-order valence-electron chi connectivity index (χ2n) is 15.5. The molecule has 0 radical (unpaired) electrons. The molecule has 3 saturated heterocycles. The Balaban J connectivity index is 1.14. The van der Waals surface area contributed by atoms with Crippen LogP contribution < -0.4 is 10.6 Å². The first-order valence-electron chi connectivity index (χ1n) is 17.8. The quantitative estimate of drug-likeness (QED) is 0.367. The van der Waals surface area contributed by atoms with E-state index in [1.807, 2.05) is 40.1 Å². The fourth-order valence-electron chi connectivity index (χ4n) is 7.94. The normalized spacial score (nSPS) is 23.6. The van der Waals surface area contributed by atoms with Gasteiger partial charge in [-0.1, -0.05) is 44.2 Å². The average molecular weight is 690 g/mol. The van der Waals surface area contributed by atoms with Gasteiger partial charge in [0.1, 0.15) is 6.04 Å². The number of benzene rings is 1. The molecule has 6 rings (SSSR count). The van der Waals surface area contributed by atoms with E-state index in [0.717, 1.165) is 37.9 Å². The zero-order chi connectivity index (χ0) is 35.8. The number of ether oxygens (including phenoxy) is 1. The van der Waals surface area contributed by atoms with Crippen molar-refractivity contribution < 1.29 is 28.7 Å². The first-order valence-corrected chi connectivity index (χ1v) is 17.8. The van der Waals surface area contributed by atoms with Crippen molar-refractivity contribution in [3.05, 3.63) is 53.9 Å². The smallest absolute Gasteiger partial charge is 0.257 e. The number of likely N-dealkylation sites (tertiary alicyclic amines) is 3. The number of nitrogens with one attached hydrogen (secondary N) is 2. The third kappa shape index (κ3) is 7.42. The first-order chi connectivity index (χ1) is 23.8. The van der Waals surface area contributed by atoms with Crippen LogP contribution in [0.5, 0.6) is 0 Å². The van der Waals surface area contributed by atoms with Crippen molar-refractivity contribution >= 4 is 29.5 Å². The fourth-order valence-corrected chi connectivity index (χ4v) is 7.94. The lowest BCUT2D eigenvalue weighted by atomic mass is 9.70. The Hall–Kier alpha value is -4.26. The number of carbonyl (C=O) groups excluding carboxylic acids is 5. The van der Waals surface area contributed by atoms with Gasteiger partial charge in [0.25, 0.3) is 5.91 Å². The summed E-state index contributed by atoms with van der Waals surface area (Å²) in [6.45, 7) is 11.2. The first kappa shape index (κ1) is 35.6. The van der Waals surface area contributed by atoms with Crippen molar-refractivity contribution in [2.24, 2.45) is 28.6 Å². The Labute approximate surface area is 294 Å². The Morgan fingerprint density at radius 2 is 1.64 bits per heavy atom. The minimum Gasteiger partial charge on any atom is -0.371 e. The summed E-state index contributed by atoms with van der Waals surface area (Å²) in [5.74, 6) is -1.02. The van der Waals surface area contributed by atoms with Gasteiger partial charge < -0.3 is 30.1 Å². The molecule has 3 aliphatic heterocycles. The van der Waals surface area contributed by atoms with E-state index in [0.29, 0.717) is 37.7 Å². The van der Waals surface area contributed by atoms with Crippen LogP contribution in [0.1, 0.15) is 62.9 Å². The third-order valence-corrected chi connectivity index (χ3v) is 11.4. The highest BCUT2D eigenvalue weighted by Crippen LogP contribution is 2.54. The molecule has 1 aromatic heterocycles. The molecule has 4 atom stereocenters. The number of piperidine rings is 1. The summed E-state index contributed by atoms with van der Waals surface area (Å²) in [5.41, 5.74) is 0.747. The molecule has 1 aliphatic carbocycles. The Morgan fingerprint density at radius 1 is 0.980 bits per heavy atom. The maximum Gasteiger partial charge on any atom is 0.257 e. The van der Waals surface area contributed by atoms with Gasteiger partial charge >= 0.3 is 0 Å². The van der Waals surface area contributed by atoms with E-state index in [9.17, 15) is 24.0 Å². The highest BCUT2D eigenvalue weighted by atomic mass is 16.5. The highest BCUT2D eigenvalue weighted by Gasteiger charge is 2.62. The van der Waals surface area contributed by atoms with E-state index in [-0.39, 0.29) is 54.0 Å². The van der Waals surface area contributed by atoms with Gasteiger partial charge in [0.05, 0.1) is 30.4 Å². The molecule has 1 saturated carbocycles. The summed E-state index contributed by atoms with van der Waals surface area (Å²) in [4.78, 5) is 71.5. The summed E-state index contributed by atoms with van der Waals surface area (Å²) in [6.07, 6.45) is 5.32. The Bertz CT molecular complexity index is 1590. The molecular formula is C37H51N7O6. The molecule has 1 spiro atoms. The van der Waals surface area contributed by atoms with Gasteiger partial charge in [0, 0.05) is 77.3 Å². The Kier molecular flexibility index (Phi) is 10.1. The number of amides is 5. The molecule has 0 bridgehead atoms. The molecular weight excluding hydrogens is 638 g/mol. The molecule has 4 fully saturated rings. The van der Waals surface area contributed by atoms with Gasteiger partial charge in [-0.2, -0.15) is 5.10 Å². The summed E-state index contributed by atoms with van der Waals surface area (Å²) in [6, 6.07) is 8.66. The molecule has 1 aromatic carbocycles. The lowest BCUT2D eigenvalue weighted by Gasteiger charge is -2.50. The number of rotatable bonds is 11. The van der Waals surface area contributed by atoms with Crippen LogP contribution in [0.4, 0.5) is 0 Å². The number of likely N-dealkylation sites (N-methyl/N-ethyl adjacent to an activating group) is 1. The van der Waals surface area contributed by atoms with Crippen LogP contribution in [0.25, 0.3) is 0 Å². The van der Waals surface area contributed by atoms with Crippen LogP contribution in [-0.2, 0) is 37.1 Å². The van der Waals surface area contributed by atoms with Crippen LogP contribution in [0.2, 0.25) is 0 Å². The van der Waals surface area contributed by atoms with Crippen LogP contribution in [0, 0.1) is 28.6 Å². The van der Waals surface area contributed by atoms with E-state index >= 15 is 0 Å². The molecule has 50 heavy (non-hydrogen) atoms. The molecule has 13 nitrogen and oxygen atoms in total. The van der Waals surface area contributed by atoms with Crippen molar-refractivity contribution in [3.63, 3.8) is 0 Å². The van der Waals surface area contributed by atoms with Gasteiger partial charge in [-0.15, -0.1) is 0 Å². The summed E-state index contributed by atoms with van der Waals surface area (Å²) in [5, 5.41) is 10.1. The molecule has 0 unspecified atom stereocenters. The monoisotopic (exact) mass is 689 g/mol. The average Bonchev–Trinajstić information content (AvgIpc) is 3.39. The summed E-state index contributed by atoms with van der Waals surface area (Å²) in [7, 11) is 1.52. The van der Waals surface area contributed by atoms with Gasteiger partial charge in [0.15, 0.2) is 0 Å². The van der Waals surface area contributed by atoms with E-state index < -0.39 is 23.5 Å². The number of carbonyl (C=O) groups is 5. The second kappa shape index (κ2) is 14.2. The molecule has 4 heterocycles. The van der Waals surface area contributed by atoms with Crippen LogP contribution in [0.3, 0.4) is 0 Å². The number of nitrogens with zero attached hydrogens (tertiary/aromatic N) is 5. The second-order valence-corrected chi connectivity index (χ2v) is 15.5. The van der Waals surface area contributed by atoms with Crippen molar-refractivity contribution in [2.45, 2.75) is 72.3 Å². The zero-order valence-corrected chi connectivity index (χ0v) is 29.9. The number of aromatic nitrogens is 2. The van der Waals surface area contributed by atoms with E-state index in [4.69, 9.17) is 4.74 Å². The van der Waals surface area contributed by atoms with Crippen LogP contribution in [0.15, 0.2) is 42.7 Å². The van der Waals surface area contributed by atoms with Gasteiger partial charge in [-0.25, -0.2) is 0 Å². The molecule has 5 amide bonds. The van der Waals surface area contributed by atoms with Gasteiger partial charge in [-0.3, -0.25) is 28.7 Å². The lowest BCUT2D eigenvalue weighted by molar-refractivity contribution is -0.152. The predicted octanol–water partition coefficient (Wildman–Crippen LogP) is 1.92. The van der Waals surface area contributed by atoms with E-state index in [2.05, 4.69) is 29.6 Å². The lowest BCUT2D eigenvalue weighted by Crippen LogP contribution is -2.65. The van der Waals surface area contributed by atoms with E-state index in [1.54, 1.807) is 35.8 Å². The molecule has 4 aliphatic rings.